The highest BCUT2D eigenvalue weighted by Crippen LogP contribution is 2.22. The summed E-state index contributed by atoms with van der Waals surface area (Å²) in [4.78, 5) is 11.3. The van der Waals surface area contributed by atoms with Gasteiger partial charge in [-0.3, -0.25) is 4.79 Å². The molecule has 0 aliphatic rings. The maximum atomic E-state index is 13.2. The van der Waals surface area contributed by atoms with Crippen LogP contribution in [0, 0.1) is 5.82 Å². The summed E-state index contributed by atoms with van der Waals surface area (Å²) in [6, 6.07) is 4.45. The standard InChI is InChI=1S/C10H11BrFNO2/c1-15-10(14)7(5-13)6-2-3-8(11)9(12)4-6/h2-4,7H,5,13H2,1H3. The van der Waals surface area contributed by atoms with Crippen LogP contribution in [0.5, 0.6) is 0 Å². The van der Waals surface area contributed by atoms with Crippen molar-refractivity contribution in [1.29, 1.82) is 0 Å². The second kappa shape index (κ2) is 5.23. The number of ether oxygens (including phenoxy) is 1. The molecule has 1 rings (SSSR count). The highest BCUT2D eigenvalue weighted by atomic mass is 79.9. The zero-order valence-electron chi connectivity index (χ0n) is 8.17. The van der Waals surface area contributed by atoms with Crippen LogP contribution in [0.25, 0.3) is 0 Å². The number of hydrogen-bond donors (Lipinski definition) is 1. The van der Waals surface area contributed by atoms with Gasteiger partial charge in [-0.2, -0.15) is 0 Å². The molecule has 0 aromatic heterocycles. The summed E-state index contributed by atoms with van der Waals surface area (Å²) in [7, 11) is 1.28. The summed E-state index contributed by atoms with van der Waals surface area (Å²) in [5.74, 6) is -1.49. The van der Waals surface area contributed by atoms with Gasteiger partial charge in [0.15, 0.2) is 0 Å². The van der Waals surface area contributed by atoms with E-state index in [-0.39, 0.29) is 6.54 Å². The smallest absolute Gasteiger partial charge is 0.314 e. The lowest BCUT2D eigenvalue weighted by Crippen LogP contribution is -2.22. The Morgan fingerprint density at radius 2 is 2.33 bits per heavy atom. The van der Waals surface area contributed by atoms with E-state index in [0.717, 1.165) is 0 Å². The van der Waals surface area contributed by atoms with Crippen LogP contribution in [0.15, 0.2) is 22.7 Å². The largest absolute Gasteiger partial charge is 0.469 e. The minimum absolute atomic E-state index is 0.0910. The second-order valence-corrected chi connectivity index (χ2v) is 3.84. The SMILES string of the molecule is COC(=O)C(CN)c1ccc(Br)c(F)c1. The molecule has 0 amide bonds. The Bertz CT molecular complexity index is 370. The lowest BCUT2D eigenvalue weighted by molar-refractivity contribution is -0.142. The van der Waals surface area contributed by atoms with Gasteiger partial charge in [0, 0.05) is 6.54 Å². The molecule has 0 saturated carbocycles. The summed E-state index contributed by atoms with van der Waals surface area (Å²) in [6.45, 7) is 0.0910. The van der Waals surface area contributed by atoms with Crippen molar-refractivity contribution in [1.82, 2.24) is 0 Å². The molecule has 0 fully saturated rings. The molecule has 0 saturated heterocycles. The molecule has 0 spiro atoms. The molecule has 15 heavy (non-hydrogen) atoms. The van der Waals surface area contributed by atoms with E-state index in [4.69, 9.17) is 5.73 Å². The van der Waals surface area contributed by atoms with Crippen LogP contribution >= 0.6 is 15.9 Å². The third kappa shape index (κ3) is 2.76. The van der Waals surface area contributed by atoms with Gasteiger partial charge in [0.2, 0.25) is 0 Å². The van der Waals surface area contributed by atoms with Crippen molar-refractivity contribution < 1.29 is 13.9 Å². The number of halogens is 2. The van der Waals surface area contributed by atoms with Crippen LogP contribution in [0.1, 0.15) is 11.5 Å². The predicted molar refractivity (Wildman–Crippen MR) is 57.9 cm³/mol. The van der Waals surface area contributed by atoms with E-state index < -0.39 is 17.7 Å². The van der Waals surface area contributed by atoms with E-state index in [1.807, 2.05) is 0 Å². The van der Waals surface area contributed by atoms with Gasteiger partial charge >= 0.3 is 5.97 Å². The zero-order valence-corrected chi connectivity index (χ0v) is 9.75. The van der Waals surface area contributed by atoms with Gasteiger partial charge in [-0.05, 0) is 33.6 Å². The lowest BCUT2D eigenvalue weighted by Gasteiger charge is -2.12. The molecule has 1 aromatic rings. The molecule has 3 nitrogen and oxygen atoms in total. The van der Waals surface area contributed by atoms with E-state index in [0.29, 0.717) is 10.0 Å². The molecule has 0 aliphatic heterocycles. The average molecular weight is 276 g/mol. The van der Waals surface area contributed by atoms with Crippen LogP contribution < -0.4 is 5.73 Å². The van der Waals surface area contributed by atoms with Crippen LogP contribution in [0.3, 0.4) is 0 Å². The first kappa shape index (κ1) is 12.1. The fourth-order valence-corrected chi connectivity index (χ4v) is 1.49. The number of carbonyl (C=O) groups is 1. The van der Waals surface area contributed by atoms with Gasteiger partial charge in [-0.25, -0.2) is 4.39 Å². The van der Waals surface area contributed by atoms with Crippen LogP contribution in [0.2, 0.25) is 0 Å². The molecule has 82 valence electrons. The molecule has 1 unspecified atom stereocenters. The zero-order chi connectivity index (χ0) is 11.4. The van der Waals surface area contributed by atoms with Gasteiger partial charge in [0.1, 0.15) is 5.82 Å². The van der Waals surface area contributed by atoms with Crippen LogP contribution in [-0.2, 0) is 9.53 Å². The summed E-state index contributed by atoms with van der Waals surface area (Å²) in [5.41, 5.74) is 5.95. The van der Waals surface area contributed by atoms with Crippen molar-refractivity contribution >= 4 is 21.9 Å². The van der Waals surface area contributed by atoms with E-state index in [1.165, 1.54) is 19.2 Å². The van der Waals surface area contributed by atoms with Gasteiger partial charge in [0.25, 0.3) is 0 Å². The predicted octanol–water partition coefficient (Wildman–Crippen LogP) is 1.80. The number of hydrogen-bond acceptors (Lipinski definition) is 3. The van der Waals surface area contributed by atoms with Crippen molar-refractivity contribution in [2.45, 2.75) is 5.92 Å². The number of rotatable bonds is 3. The molecular weight excluding hydrogens is 265 g/mol. The summed E-state index contributed by atoms with van der Waals surface area (Å²) < 4.78 is 18.1. The third-order valence-corrected chi connectivity index (χ3v) is 2.71. The molecule has 0 aliphatic carbocycles. The Hall–Kier alpha value is -0.940. The van der Waals surface area contributed by atoms with Gasteiger partial charge < -0.3 is 10.5 Å². The van der Waals surface area contributed by atoms with Crippen molar-refractivity contribution in [3.63, 3.8) is 0 Å². The molecule has 0 heterocycles. The maximum absolute atomic E-state index is 13.2. The molecule has 5 heteroatoms. The van der Waals surface area contributed by atoms with Crippen molar-refractivity contribution in [3.8, 4) is 0 Å². The quantitative estimate of drug-likeness (QED) is 0.856. The topological polar surface area (TPSA) is 52.3 Å². The van der Waals surface area contributed by atoms with Gasteiger partial charge in [0.05, 0.1) is 17.5 Å². The third-order valence-electron chi connectivity index (χ3n) is 2.07. The molecule has 0 bridgehead atoms. The molecular formula is C10H11BrFNO2. The number of nitrogens with two attached hydrogens (primary N) is 1. The Labute approximate surface area is 95.5 Å². The molecule has 0 radical (unpaired) electrons. The summed E-state index contributed by atoms with van der Waals surface area (Å²) >= 11 is 3.03. The molecule has 2 N–H and O–H groups in total. The van der Waals surface area contributed by atoms with E-state index >= 15 is 0 Å². The number of carbonyl (C=O) groups excluding carboxylic acids is 1. The van der Waals surface area contributed by atoms with E-state index in [9.17, 15) is 9.18 Å². The minimum Gasteiger partial charge on any atom is -0.469 e. The van der Waals surface area contributed by atoms with E-state index in [1.54, 1.807) is 6.07 Å². The van der Waals surface area contributed by atoms with Gasteiger partial charge in [-0.15, -0.1) is 0 Å². The Balaban J connectivity index is 3.02. The second-order valence-electron chi connectivity index (χ2n) is 2.98. The Kier molecular flexibility index (Phi) is 4.23. The van der Waals surface area contributed by atoms with Crippen molar-refractivity contribution in [2.24, 2.45) is 5.73 Å². The van der Waals surface area contributed by atoms with Crippen molar-refractivity contribution in [3.05, 3.63) is 34.1 Å². The fraction of sp³-hybridized carbons (Fsp3) is 0.300. The molecule has 1 aromatic carbocycles. The average Bonchev–Trinajstić information content (AvgIpc) is 2.24. The summed E-state index contributed by atoms with van der Waals surface area (Å²) in [5, 5.41) is 0. The van der Waals surface area contributed by atoms with Crippen LogP contribution in [-0.4, -0.2) is 19.6 Å². The highest BCUT2D eigenvalue weighted by Gasteiger charge is 2.20. The first-order chi connectivity index (χ1) is 7.10. The minimum atomic E-state index is -0.613. The number of esters is 1. The number of benzene rings is 1. The number of methoxy groups -OCH3 is 1. The Morgan fingerprint density at radius 3 is 2.80 bits per heavy atom. The summed E-state index contributed by atoms with van der Waals surface area (Å²) in [6.07, 6.45) is 0. The lowest BCUT2D eigenvalue weighted by atomic mass is 9.99. The van der Waals surface area contributed by atoms with E-state index in [2.05, 4.69) is 20.7 Å². The fourth-order valence-electron chi connectivity index (χ4n) is 1.24. The maximum Gasteiger partial charge on any atom is 0.314 e. The molecule has 1 atom stereocenters. The van der Waals surface area contributed by atoms with Crippen molar-refractivity contribution in [2.75, 3.05) is 13.7 Å². The van der Waals surface area contributed by atoms with Crippen LogP contribution in [0.4, 0.5) is 4.39 Å². The first-order valence-electron chi connectivity index (χ1n) is 4.33. The highest BCUT2D eigenvalue weighted by molar-refractivity contribution is 9.10. The monoisotopic (exact) mass is 275 g/mol. The first-order valence-corrected chi connectivity index (χ1v) is 5.12. The Morgan fingerprint density at radius 1 is 1.67 bits per heavy atom. The normalized spacial score (nSPS) is 12.3. The van der Waals surface area contributed by atoms with Gasteiger partial charge in [-0.1, -0.05) is 6.07 Å².